The predicted octanol–water partition coefficient (Wildman–Crippen LogP) is 3.80. The molecule has 1 aromatic rings. The lowest BCUT2D eigenvalue weighted by Gasteiger charge is -2.15. The molecule has 24 heavy (non-hydrogen) atoms. The van der Waals surface area contributed by atoms with Crippen LogP contribution in [-0.2, 0) is 4.79 Å². The fourth-order valence-electron chi connectivity index (χ4n) is 2.80. The van der Waals surface area contributed by atoms with Gasteiger partial charge in [0, 0.05) is 16.6 Å². The Labute approximate surface area is 160 Å². The molecule has 2 heterocycles. The third-order valence-electron chi connectivity index (χ3n) is 3.98. The van der Waals surface area contributed by atoms with Crippen LogP contribution in [0.15, 0.2) is 27.6 Å². The van der Waals surface area contributed by atoms with Gasteiger partial charge in [0.2, 0.25) is 0 Å². The van der Waals surface area contributed by atoms with Crippen LogP contribution in [0, 0.1) is 0 Å². The molecule has 2 aliphatic rings. The van der Waals surface area contributed by atoms with Crippen molar-refractivity contribution in [3.63, 3.8) is 0 Å². The monoisotopic (exact) mass is 426 g/mol. The summed E-state index contributed by atoms with van der Waals surface area (Å²) in [6, 6.07) is 5.84. The normalized spacial score (nSPS) is 20.0. The average Bonchev–Trinajstić information content (AvgIpc) is 3.16. The molecule has 0 unspecified atom stereocenters. The van der Waals surface area contributed by atoms with Gasteiger partial charge in [-0.05, 0) is 56.6 Å². The van der Waals surface area contributed by atoms with Gasteiger partial charge in [-0.3, -0.25) is 4.79 Å². The molecule has 0 bridgehead atoms. The molecule has 2 fully saturated rings. The fraction of sp³-hybridized carbons (Fsp3) is 0.412. The van der Waals surface area contributed by atoms with E-state index >= 15 is 0 Å². The molecular formula is C17H19BrN2O2S2. The fourth-order valence-corrected chi connectivity index (χ4v) is 4.22. The second-order valence-corrected chi connectivity index (χ2v) is 8.42. The SMILES string of the molecule is O=C1NC(=S)S/C1=C/c1cc(Br)ccc1OCCCN1CCCC1. The van der Waals surface area contributed by atoms with Crippen LogP contribution < -0.4 is 10.1 Å². The molecule has 2 aliphatic heterocycles. The minimum absolute atomic E-state index is 0.148. The van der Waals surface area contributed by atoms with Crippen molar-refractivity contribution in [3.8, 4) is 5.75 Å². The maximum atomic E-state index is 11.8. The third-order valence-corrected chi connectivity index (χ3v) is 5.63. The van der Waals surface area contributed by atoms with Gasteiger partial charge in [0.25, 0.3) is 5.91 Å². The molecule has 1 N–H and O–H groups in total. The Balaban J connectivity index is 1.63. The zero-order chi connectivity index (χ0) is 16.9. The van der Waals surface area contributed by atoms with Gasteiger partial charge in [-0.15, -0.1) is 0 Å². The van der Waals surface area contributed by atoms with Crippen LogP contribution >= 0.6 is 39.9 Å². The second kappa shape index (κ2) is 8.47. The average molecular weight is 427 g/mol. The number of carbonyl (C=O) groups is 1. The maximum absolute atomic E-state index is 11.8. The standard InChI is InChI=1S/C17H19BrN2O2S2/c18-13-4-5-14(22-9-3-8-20-6-1-2-7-20)12(10-13)11-15-16(21)19-17(23)24-15/h4-5,10-11H,1-3,6-9H2,(H,19,21,23)/b15-11+. The second-order valence-electron chi connectivity index (χ2n) is 5.79. The molecule has 128 valence electrons. The summed E-state index contributed by atoms with van der Waals surface area (Å²) in [5.74, 6) is 0.642. The largest absolute Gasteiger partial charge is 0.493 e. The van der Waals surface area contributed by atoms with E-state index in [2.05, 4.69) is 26.1 Å². The zero-order valence-electron chi connectivity index (χ0n) is 13.2. The molecule has 0 aliphatic carbocycles. The summed E-state index contributed by atoms with van der Waals surface area (Å²) in [6.45, 7) is 4.18. The summed E-state index contributed by atoms with van der Waals surface area (Å²) in [6.07, 6.45) is 5.46. The minimum atomic E-state index is -0.148. The number of carbonyl (C=O) groups excluding carboxylic acids is 1. The molecule has 0 aromatic heterocycles. The highest BCUT2D eigenvalue weighted by Crippen LogP contribution is 2.31. The van der Waals surface area contributed by atoms with E-state index in [1.165, 1.54) is 37.7 Å². The van der Waals surface area contributed by atoms with Crippen LogP contribution in [-0.4, -0.2) is 41.4 Å². The number of hydrogen-bond acceptors (Lipinski definition) is 5. The quantitative estimate of drug-likeness (QED) is 0.425. The van der Waals surface area contributed by atoms with Crippen molar-refractivity contribution < 1.29 is 9.53 Å². The van der Waals surface area contributed by atoms with Crippen molar-refractivity contribution in [2.75, 3.05) is 26.2 Å². The van der Waals surface area contributed by atoms with Gasteiger partial charge in [0.1, 0.15) is 10.1 Å². The Hall–Kier alpha value is -0.890. The highest BCUT2D eigenvalue weighted by molar-refractivity contribution is 9.10. The Kier molecular flexibility index (Phi) is 6.32. The molecular weight excluding hydrogens is 408 g/mol. The number of thioether (sulfide) groups is 1. The molecule has 0 spiro atoms. The van der Waals surface area contributed by atoms with Crippen molar-refractivity contribution in [2.24, 2.45) is 0 Å². The lowest BCUT2D eigenvalue weighted by Crippen LogP contribution is -2.22. The van der Waals surface area contributed by atoms with E-state index < -0.39 is 0 Å². The first kappa shape index (κ1) is 17.9. The van der Waals surface area contributed by atoms with Crippen LogP contribution in [0.25, 0.3) is 6.08 Å². The number of rotatable bonds is 6. The number of nitrogens with zero attached hydrogens (tertiary/aromatic N) is 1. The molecule has 1 amide bonds. The predicted molar refractivity (Wildman–Crippen MR) is 106 cm³/mol. The third kappa shape index (κ3) is 4.81. The van der Waals surface area contributed by atoms with Gasteiger partial charge in [-0.25, -0.2) is 0 Å². The van der Waals surface area contributed by atoms with E-state index in [-0.39, 0.29) is 5.91 Å². The number of likely N-dealkylation sites (tertiary alicyclic amines) is 1. The van der Waals surface area contributed by atoms with Gasteiger partial charge in [-0.2, -0.15) is 0 Å². The number of benzene rings is 1. The Bertz CT molecular complexity index is 673. The summed E-state index contributed by atoms with van der Waals surface area (Å²) >= 11 is 9.79. The lowest BCUT2D eigenvalue weighted by atomic mass is 10.2. The smallest absolute Gasteiger partial charge is 0.263 e. The summed E-state index contributed by atoms with van der Waals surface area (Å²) < 4.78 is 7.40. The topological polar surface area (TPSA) is 41.6 Å². The minimum Gasteiger partial charge on any atom is -0.493 e. The lowest BCUT2D eigenvalue weighted by molar-refractivity contribution is -0.115. The number of halogens is 1. The Morgan fingerprint density at radius 3 is 2.88 bits per heavy atom. The Morgan fingerprint density at radius 1 is 1.38 bits per heavy atom. The van der Waals surface area contributed by atoms with Gasteiger partial charge in [-0.1, -0.05) is 39.9 Å². The van der Waals surface area contributed by atoms with E-state index in [0.717, 1.165) is 28.8 Å². The summed E-state index contributed by atoms with van der Waals surface area (Å²) in [5, 5.41) is 2.63. The summed E-state index contributed by atoms with van der Waals surface area (Å²) in [5.41, 5.74) is 0.882. The van der Waals surface area contributed by atoms with Crippen LogP contribution in [0.5, 0.6) is 5.75 Å². The van der Waals surface area contributed by atoms with E-state index in [1.807, 2.05) is 24.3 Å². The van der Waals surface area contributed by atoms with E-state index in [4.69, 9.17) is 17.0 Å². The number of thiocarbonyl (C=S) groups is 1. The highest BCUT2D eigenvalue weighted by atomic mass is 79.9. The number of hydrogen-bond donors (Lipinski definition) is 1. The van der Waals surface area contributed by atoms with Crippen LogP contribution in [0.3, 0.4) is 0 Å². The molecule has 0 radical (unpaired) electrons. The molecule has 1 aromatic carbocycles. The van der Waals surface area contributed by atoms with Crippen molar-refractivity contribution in [1.29, 1.82) is 0 Å². The zero-order valence-corrected chi connectivity index (χ0v) is 16.4. The number of nitrogens with one attached hydrogen (secondary N) is 1. The summed E-state index contributed by atoms with van der Waals surface area (Å²) in [4.78, 5) is 14.9. The van der Waals surface area contributed by atoms with Crippen molar-refractivity contribution >= 4 is 56.2 Å². The summed E-state index contributed by atoms with van der Waals surface area (Å²) in [7, 11) is 0. The molecule has 2 saturated heterocycles. The van der Waals surface area contributed by atoms with Crippen LogP contribution in [0.4, 0.5) is 0 Å². The first-order valence-corrected chi connectivity index (χ1v) is 10.0. The van der Waals surface area contributed by atoms with Gasteiger partial charge >= 0.3 is 0 Å². The van der Waals surface area contributed by atoms with Crippen molar-refractivity contribution in [2.45, 2.75) is 19.3 Å². The maximum Gasteiger partial charge on any atom is 0.263 e. The molecule has 7 heteroatoms. The number of ether oxygens (including phenoxy) is 1. The molecule has 0 atom stereocenters. The van der Waals surface area contributed by atoms with Gasteiger partial charge < -0.3 is 15.0 Å². The first-order chi connectivity index (χ1) is 11.6. The van der Waals surface area contributed by atoms with E-state index in [1.54, 1.807) is 0 Å². The number of amides is 1. The van der Waals surface area contributed by atoms with Gasteiger partial charge in [0.15, 0.2) is 0 Å². The first-order valence-electron chi connectivity index (χ1n) is 8.01. The molecule has 0 saturated carbocycles. The van der Waals surface area contributed by atoms with E-state index in [9.17, 15) is 4.79 Å². The van der Waals surface area contributed by atoms with Crippen LogP contribution in [0.1, 0.15) is 24.8 Å². The highest BCUT2D eigenvalue weighted by Gasteiger charge is 2.22. The Morgan fingerprint density at radius 2 is 2.17 bits per heavy atom. The molecule has 3 rings (SSSR count). The van der Waals surface area contributed by atoms with Crippen LogP contribution in [0.2, 0.25) is 0 Å². The van der Waals surface area contributed by atoms with Gasteiger partial charge in [0.05, 0.1) is 11.5 Å². The van der Waals surface area contributed by atoms with Crippen molar-refractivity contribution in [3.05, 3.63) is 33.1 Å². The van der Waals surface area contributed by atoms with E-state index in [0.29, 0.717) is 15.8 Å². The van der Waals surface area contributed by atoms with Crippen molar-refractivity contribution in [1.82, 2.24) is 10.2 Å². The molecule has 4 nitrogen and oxygen atoms in total.